The van der Waals surface area contributed by atoms with Crippen LogP contribution in [-0.2, 0) is 5.54 Å². The highest BCUT2D eigenvalue weighted by molar-refractivity contribution is 7.23. The third-order valence-electron chi connectivity index (χ3n) is 10.6. The minimum Gasteiger partial charge on any atom is -0.321 e. The lowest BCUT2D eigenvalue weighted by atomic mass is 9.85. The van der Waals surface area contributed by atoms with Crippen LogP contribution >= 0.6 is 46.4 Å². The van der Waals surface area contributed by atoms with E-state index in [1.54, 1.807) is 34.0 Å². The molecule has 0 aliphatic carbocycles. The molecule has 9 aromatic rings. The van der Waals surface area contributed by atoms with Gasteiger partial charge < -0.3 is 10.6 Å². The topological polar surface area (TPSA) is 110 Å². The van der Waals surface area contributed by atoms with Gasteiger partial charge in [0.05, 0.1) is 37.8 Å². The Hall–Kier alpha value is -5.05. The van der Waals surface area contributed by atoms with Crippen molar-refractivity contribution in [2.24, 2.45) is 5.73 Å². The number of nitrogens with two attached hydrogens (primary N) is 1. The maximum atomic E-state index is 7.35. The fraction of sp³-hybridized carbons (Fsp3) is 0.182. The van der Waals surface area contributed by atoms with Crippen molar-refractivity contribution in [1.29, 1.82) is 0 Å². The lowest BCUT2D eigenvalue weighted by molar-refractivity contribution is 0.0406. The molecule has 1 fully saturated rings. The average molecular weight is 825 g/mol. The predicted molar refractivity (Wildman–Crippen MR) is 237 cm³/mol. The van der Waals surface area contributed by atoms with Gasteiger partial charge in [-0.1, -0.05) is 54.6 Å². The second kappa shape index (κ2) is 15.7. The van der Waals surface area contributed by atoms with Crippen molar-refractivity contribution in [3.8, 4) is 31.7 Å². The van der Waals surface area contributed by atoms with Crippen molar-refractivity contribution in [2.45, 2.75) is 18.0 Å². The number of aromatic nitrogens is 6. The van der Waals surface area contributed by atoms with Gasteiger partial charge in [0.2, 0.25) is 0 Å². The molecule has 1 saturated heterocycles. The molecular weight excluding hydrogens is 786 g/mol. The van der Waals surface area contributed by atoms with Crippen LogP contribution < -0.4 is 5.73 Å². The van der Waals surface area contributed by atoms with Crippen molar-refractivity contribution < 1.29 is 0 Å². The van der Waals surface area contributed by atoms with E-state index in [1.807, 2.05) is 36.8 Å². The van der Waals surface area contributed by atoms with Crippen molar-refractivity contribution in [2.75, 3.05) is 33.2 Å². The van der Waals surface area contributed by atoms with Gasteiger partial charge >= 0.3 is 0 Å². The molecule has 57 heavy (non-hydrogen) atoms. The molecule has 1 atom stereocenters. The smallest absolute Gasteiger partial charge is 0.157 e. The van der Waals surface area contributed by atoms with E-state index in [4.69, 9.17) is 35.6 Å². The summed E-state index contributed by atoms with van der Waals surface area (Å²) in [7, 11) is 2.16. The lowest BCUT2D eigenvalue weighted by Gasteiger charge is -2.46. The number of halogens is 1. The van der Waals surface area contributed by atoms with Crippen molar-refractivity contribution in [3.05, 3.63) is 145 Å². The molecule has 10 rings (SSSR count). The van der Waals surface area contributed by atoms with Gasteiger partial charge in [0.15, 0.2) is 11.6 Å². The number of piperazine rings is 1. The summed E-state index contributed by atoms with van der Waals surface area (Å²) >= 11 is 5.18. The highest BCUT2D eigenvalue weighted by Crippen LogP contribution is 2.43. The summed E-state index contributed by atoms with van der Waals surface area (Å²) in [6.07, 6.45) is 5.91. The highest BCUT2D eigenvalue weighted by Gasteiger charge is 2.48. The molecule has 2 N–H and O–H groups in total. The van der Waals surface area contributed by atoms with Gasteiger partial charge in [0.25, 0.3) is 0 Å². The largest absolute Gasteiger partial charge is 0.321 e. The zero-order valence-electron chi connectivity index (χ0n) is 31.0. The zero-order chi connectivity index (χ0) is 37.6. The van der Waals surface area contributed by atoms with Gasteiger partial charge in [-0.3, -0.25) is 4.90 Å². The number of likely N-dealkylation sites (N-methyl/N-ethyl adjacent to an activating group) is 1. The van der Waals surface area contributed by atoms with Crippen molar-refractivity contribution in [3.63, 3.8) is 0 Å². The van der Waals surface area contributed by atoms with Gasteiger partial charge in [-0.15, -0.1) is 46.4 Å². The molecule has 6 aromatic heterocycles. The summed E-state index contributed by atoms with van der Waals surface area (Å²) in [6, 6.07) is 37.3. The quantitative estimate of drug-likeness (QED) is 0.152. The van der Waals surface area contributed by atoms with Crippen LogP contribution in [0.15, 0.2) is 128 Å². The van der Waals surface area contributed by atoms with Gasteiger partial charge in [-0.2, -0.15) is 0 Å². The van der Waals surface area contributed by atoms with Crippen molar-refractivity contribution >= 4 is 76.7 Å². The Morgan fingerprint density at radius 3 is 1.46 bits per heavy atom. The maximum Gasteiger partial charge on any atom is 0.157 e. The molecule has 0 saturated carbocycles. The third kappa shape index (κ3) is 7.12. The molecule has 7 heterocycles. The number of hydrogen-bond acceptors (Lipinski definition) is 12. The highest BCUT2D eigenvalue weighted by atomic mass is 35.5. The Balaban J connectivity index is 0.00000422. The van der Waals surface area contributed by atoms with Crippen LogP contribution in [0.2, 0.25) is 0 Å². The van der Waals surface area contributed by atoms with E-state index in [0.717, 1.165) is 57.9 Å². The summed E-state index contributed by atoms with van der Waals surface area (Å²) in [5, 5.41) is 3.57. The monoisotopic (exact) mass is 823 g/mol. The minimum absolute atomic E-state index is 0. The number of rotatable bonds is 9. The lowest BCUT2D eigenvalue weighted by Crippen LogP contribution is -2.57. The van der Waals surface area contributed by atoms with E-state index in [-0.39, 0.29) is 12.4 Å². The number of benzene rings is 3. The predicted octanol–water partition coefficient (Wildman–Crippen LogP) is 9.70. The van der Waals surface area contributed by atoms with Crippen molar-refractivity contribution in [1.82, 2.24) is 39.7 Å². The van der Waals surface area contributed by atoms with Crippen LogP contribution in [0.5, 0.6) is 0 Å². The van der Waals surface area contributed by atoms with E-state index in [2.05, 4.69) is 108 Å². The van der Waals surface area contributed by atoms with E-state index in [9.17, 15) is 0 Å². The second-order valence-corrected chi connectivity index (χ2v) is 17.5. The summed E-state index contributed by atoms with van der Waals surface area (Å²) in [5.41, 5.74) is 8.89. The molecule has 9 nitrogen and oxygen atoms in total. The van der Waals surface area contributed by atoms with E-state index >= 15 is 0 Å². The summed E-state index contributed by atoms with van der Waals surface area (Å²) in [4.78, 5) is 39.0. The van der Waals surface area contributed by atoms with Crippen LogP contribution in [0.1, 0.15) is 29.9 Å². The Labute approximate surface area is 348 Å². The van der Waals surface area contributed by atoms with Crippen LogP contribution in [-0.4, -0.2) is 72.9 Å². The molecule has 0 radical (unpaired) electrons. The molecule has 13 heteroatoms. The van der Waals surface area contributed by atoms with Crippen LogP contribution in [0.3, 0.4) is 0 Å². The Kier molecular flexibility index (Phi) is 10.3. The molecule has 0 amide bonds. The number of hydrogen-bond donors (Lipinski definition) is 1. The first-order chi connectivity index (χ1) is 27.5. The molecule has 0 spiro atoms. The molecule has 3 aromatic carbocycles. The standard InChI is InChI=1S/C44H37N9S3.ClH/c1-52-20-22-53(23-21-52)44(42-47-18-15-33(50-42)39-25-29-9-3-6-12-36(29)55-39,43-48-19-16-34(51-43)40-26-30-10-4-7-13-37(30)56-40)27-31(45)41-46-17-14-32(49-41)38-24-28-8-2-5-11-35(28)54-38;/h2-19,24-26,31H,20-23,27,45H2,1H3;1H. The van der Waals surface area contributed by atoms with Gasteiger partial charge in [-0.05, 0) is 77.8 Å². The summed E-state index contributed by atoms with van der Waals surface area (Å²) < 4.78 is 3.64. The minimum atomic E-state index is -1.02. The first-order valence-electron chi connectivity index (χ1n) is 18.7. The van der Waals surface area contributed by atoms with Crippen LogP contribution in [0.25, 0.3) is 62.0 Å². The van der Waals surface area contributed by atoms with Crippen LogP contribution in [0.4, 0.5) is 0 Å². The van der Waals surface area contributed by atoms with Gasteiger partial charge in [-0.25, -0.2) is 29.9 Å². The molecule has 1 unspecified atom stereocenters. The molecule has 1 aliphatic heterocycles. The Morgan fingerprint density at radius 1 is 0.579 bits per heavy atom. The van der Waals surface area contributed by atoms with E-state index in [1.165, 1.54) is 30.3 Å². The average Bonchev–Trinajstić information content (AvgIpc) is 4.01. The molecule has 1 aliphatic rings. The first-order valence-corrected chi connectivity index (χ1v) is 21.1. The number of fused-ring (bicyclic) bond motifs is 3. The van der Waals surface area contributed by atoms with E-state index < -0.39 is 11.6 Å². The first kappa shape index (κ1) is 37.5. The third-order valence-corrected chi connectivity index (χ3v) is 14.1. The normalized spacial score (nSPS) is 14.6. The van der Waals surface area contributed by atoms with E-state index in [0.29, 0.717) is 23.9 Å². The Morgan fingerprint density at radius 2 is 1.00 bits per heavy atom. The molecule has 284 valence electrons. The van der Waals surface area contributed by atoms with Crippen LogP contribution in [0, 0.1) is 0 Å². The van der Waals surface area contributed by atoms with Gasteiger partial charge in [0, 0.05) is 65.3 Å². The summed E-state index contributed by atoms with van der Waals surface area (Å²) in [6.45, 7) is 3.22. The fourth-order valence-electron chi connectivity index (χ4n) is 7.70. The number of nitrogens with zero attached hydrogens (tertiary/aromatic N) is 8. The zero-order valence-corrected chi connectivity index (χ0v) is 34.3. The summed E-state index contributed by atoms with van der Waals surface area (Å²) in [5.74, 6) is 1.78. The van der Waals surface area contributed by atoms with Gasteiger partial charge in [0.1, 0.15) is 11.4 Å². The Bertz CT molecular complexity index is 2630. The molecule has 0 bridgehead atoms. The fourth-order valence-corrected chi connectivity index (χ4v) is 10.8. The maximum absolute atomic E-state index is 7.35. The second-order valence-electron chi connectivity index (χ2n) is 14.2. The number of thiophene rings is 3. The SMILES string of the molecule is CN1CCN(C(CC(N)c2nccc(-c3cc4ccccc4s3)n2)(c2nccc(-c3cc4ccccc4s3)n2)c2nccc(-c3cc4ccccc4s3)n2)CC1.Cl. The molecular formula is C44H38ClN9S3.